The lowest BCUT2D eigenvalue weighted by molar-refractivity contribution is -0.126. The minimum Gasteiger partial charge on any atom is -0.497 e. The fourth-order valence-electron chi connectivity index (χ4n) is 2.93. The molecule has 2 aromatic rings. The third kappa shape index (κ3) is 3.82. The second-order valence-electron chi connectivity index (χ2n) is 6.17. The molecule has 0 spiro atoms. The predicted octanol–water partition coefficient (Wildman–Crippen LogP) is 2.54. The molecule has 1 heterocycles. The molecular weight excluding hydrogens is 316 g/mol. The fourth-order valence-corrected chi connectivity index (χ4v) is 2.93. The molecular formula is C20H22N2O3. The Morgan fingerprint density at radius 2 is 1.48 bits per heavy atom. The zero-order valence-corrected chi connectivity index (χ0v) is 14.6. The summed E-state index contributed by atoms with van der Waals surface area (Å²) < 4.78 is 5.17. The van der Waals surface area contributed by atoms with Gasteiger partial charge in [0, 0.05) is 37.4 Å². The Bertz CT molecular complexity index is 746. The number of carbonyl (C=O) groups excluding carboxylic acids is 2. The van der Waals surface area contributed by atoms with E-state index < -0.39 is 11.7 Å². The number of ketones is 1. The predicted molar refractivity (Wildman–Crippen MR) is 97.3 cm³/mol. The quantitative estimate of drug-likeness (QED) is 0.635. The van der Waals surface area contributed by atoms with Crippen molar-refractivity contribution < 1.29 is 14.3 Å². The molecule has 3 rings (SSSR count). The molecule has 130 valence electrons. The number of aryl methyl sites for hydroxylation is 1. The van der Waals surface area contributed by atoms with Gasteiger partial charge < -0.3 is 14.5 Å². The molecule has 0 unspecified atom stereocenters. The number of benzene rings is 2. The van der Waals surface area contributed by atoms with E-state index in [0.29, 0.717) is 31.7 Å². The first-order chi connectivity index (χ1) is 12.1. The monoisotopic (exact) mass is 338 g/mol. The van der Waals surface area contributed by atoms with Gasteiger partial charge in [0.2, 0.25) is 5.78 Å². The average molecular weight is 338 g/mol. The number of hydrogen-bond donors (Lipinski definition) is 0. The normalized spacial score (nSPS) is 14.3. The third-order valence-electron chi connectivity index (χ3n) is 4.51. The van der Waals surface area contributed by atoms with Crippen molar-refractivity contribution >= 4 is 17.4 Å². The standard InChI is InChI=1S/C20H22N2O3/c1-15-3-5-16(6-4-15)19(23)20(24)22-13-11-21(12-14-22)17-7-9-18(25-2)10-8-17/h3-10H,11-14H2,1-2H3. The van der Waals surface area contributed by atoms with Crippen molar-refractivity contribution in [1.82, 2.24) is 4.90 Å². The number of amides is 1. The van der Waals surface area contributed by atoms with Gasteiger partial charge in [-0.15, -0.1) is 0 Å². The molecule has 0 aromatic heterocycles. The van der Waals surface area contributed by atoms with Crippen LogP contribution in [0.1, 0.15) is 15.9 Å². The Morgan fingerprint density at radius 3 is 2.04 bits per heavy atom. The van der Waals surface area contributed by atoms with Crippen LogP contribution in [0.2, 0.25) is 0 Å². The van der Waals surface area contributed by atoms with Crippen LogP contribution < -0.4 is 9.64 Å². The van der Waals surface area contributed by atoms with Crippen molar-refractivity contribution in [1.29, 1.82) is 0 Å². The number of Topliss-reactive ketones (excluding diaryl/α,β-unsaturated/α-hetero) is 1. The summed E-state index contributed by atoms with van der Waals surface area (Å²) >= 11 is 0. The summed E-state index contributed by atoms with van der Waals surface area (Å²) in [6.07, 6.45) is 0. The molecule has 1 amide bonds. The highest BCUT2D eigenvalue weighted by molar-refractivity contribution is 6.42. The first kappa shape index (κ1) is 17.0. The second kappa shape index (κ2) is 7.38. The molecule has 0 saturated carbocycles. The molecule has 0 aliphatic carbocycles. The van der Waals surface area contributed by atoms with Crippen LogP contribution >= 0.6 is 0 Å². The van der Waals surface area contributed by atoms with Gasteiger partial charge in [-0.05, 0) is 31.2 Å². The van der Waals surface area contributed by atoms with Crippen LogP contribution in [-0.4, -0.2) is 49.9 Å². The van der Waals surface area contributed by atoms with Gasteiger partial charge in [0.15, 0.2) is 0 Å². The number of methoxy groups -OCH3 is 1. The van der Waals surface area contributed by atoms with Gasteiger partial charge >= 0.3 is 0 Å². The summed E-state index contributed by atoms with van der Waals surface area (Å²) in [6.45, 7) is 4.46. The highest BCUT2D eigenvalue weighted by Crippen LogP contribution is 2.20. The molecule has 25 heavy (non-hydrogen) atoms. The molecule has 0 atom stereocenters. The Balaban J connectivity index is 1.60. The first-order valence-electron chi connectivity index (χ1n) is 8.38. The summed E-state index contributed by atoms with van der Waals surface area (Å²) in [5.41, 5.74) is 2.61. The summed E-state index contributed by atoms with van der Waals surface area (Å²) in [7, 11) is 1.64. The molecule has 1 aliphatic heterocycles. The molecule has 0 bridgehead atoms. The largest absolute Gasteiger partial charge is 0.497 e. The minimum absolute atomic E-state index is 0.418. The Kier molecular flexibility index (Phi) is 5.03. The van der Waals surface area contributed by atoms with E-state index in [0.717, 1.165) is 17.0 Å². The van der Waals surface area contributed by atoms with E-state index in [-0.39, 0.29) is 0 Å². The van der Waals surface area contributed by atoms with Gasteiger partial charge in [0.1, 0.15) is 5.75 Å². The summed E-state index contributed by atoms with van der Waals surface area (Å²) in [6, 6.07) is 15.0. The lowest BCUT2D eigenvalue weighted by atomic mass is 10.1. The topological polar surface area (TPSA) is 49.9 Å². The SMILES string of the molecule is COc1ccc(N2CCN(C(=O)C(=O)c3ccc(C)cc3)CC2)cc1. The molecule has 0 radical (unpaired) electrons. The summed E-state index contributed by atoms with van der Waals surface area (Å²) in [4.78, 5) is 28.7. The zero-order chi connectivity index (χ0) is 17.8. The maximum absolute atomic E-state index is 12.5. The first-order valence-corrected chi connectivity index (χ1v) is 8.38. The van der Waals surface area contributed by atoms with Crippen LogP contribution in [-0.2, 0) is 4.79 Å². The number of piperazine rings is 1. The van der Waals surface area contributed by atoms with Crippen molar-refractivity contribution in [2.45, 2.75) is 6.92 Å². The van der Waals surface area contributed by atoms with E-state index in [2.05, 4.69) is 4.90 Å². The van der Waals surface area contributed by atoms with Gasteiger partial charge in [-0.3, -0.25) is 9.59 Å². The fraction of sp³-hybridized carbons (Fsp3) is 0.300. The number of rotatable bonds is 4. The molecule has 1 aliphatic rings. The Labute approximate surface area is 147 Å². The summed E-state index contributed by atoms with van der Waals surface area (Å²) in [5.74, 6) is -0.0302. The molecule has 5 nitrogen and oxygen atoms in total. The highest BCUT2D eigenvalue weighted by atomic mass is 16.5. The van der Waals surface area contributed by atoms with Crippen molar-refractivity contribution in [2.24, 2.45) is 0 Å². The van der Waals surface area contributed by atoms with Crippen molar-refractivity contribution in [2.75, 3.05) is 38.2 Å². The van der Waals surface area contributed by atoms with E-state index in [9.17, 15) is 9.59 Å². The number of carbonyl (C=O) groups is 2. The van der Waals surface area contributed by atoms with E-state index in [1.807, 2.05) is 43.3 Å². The van der Waals surface area contributed by atoms with Crippen molar-refractivity contribution in [3.05, 3.63) is 59.7 Å². The van der Waals surface area contributed by atoms with Gasteiger partial charge in [-0.2, -0.15) is 0 Å². The van der Waals surface area contributed by atoms with Crippen LogP contribution in [0.4, 0.5) is 5.69 Å². The van der Waals surface area contributed by atoms with Crippen LogP contribution in [0.5, 0.6) is 5.75 Å². The van der Waals surface area contributed by atoms with Crippen molar-refractivity contribution in [3.63, 3.8) is 0 Å². The van der Waals surface area contributed by atoms with Crippen LogP contribution in [0, 0.1) is 6.92 Å². The lowest BCUT2D eigenvalue weighted by Gasteiger charge is -2.35. The molecule has 0 N–H and O–H groups in total. The Hall–Kier alpha value is -2.82. The average Bonchev–Trinajstić information content (AvgIpc) is 2.67. The molecule has 1 fully saturated rings. The number of nitrogens with zero attached hydrogens (tertiary/aromatic N) is 2. The molecule has 5 heteroatoms. The van der Waals surface area contributed by atoms with Crippen LogP contribution in [0.25, 0.3) is 0 Å². The number of ether oxygens (including phenoxy) is 1. The van der Waals surface area contributed by atoms with E-state index in [4.69, 9.17) is 4.74 Å². The number of anilines is 1. The van der Waals surface area contributed by atoms with E-state index in [1.165, 1.54) is 0 Å². The maximum atomic E-state index is 12.5. The van der Waals surface area contributed by atoms with E-state index in [1.54, 1.807) is 24.1 Å². The maximum Gasteiger partial charge on any atom is 0.295 e. The van der Waals surface area contributed by atoms with Gasteiger partial charge in [0.05, 0.1) is 7.11 Å². The smallest absolute Gasteiger partial charge is 0.295 e. The van der Waals surface area contributed by atoms with Gasteiger partial charge in [-0.25, -0.2) is 0 Å². The highest BCUT2D eigenvalue weighted by Gasteiger charge is 2.26. The van der Waals surface area contributed by atoms with Gasteiger partial charge in [0.25, 0.3) is 5.91 Å². The zero-order valence-electron chi connectivity index (χ0n) is 14.6. The molecule has 2 aromatic carbocycles. The van der Waals surface area contributed by atoms with Crippen molar-refractivity contribution in [3.8, 4) is 5.75 Å². The van der Waals surface area contributed by atoms with Crippen LogP contribution in [0.15, 0.2) is 48.5 Å². The van der Waals surface area contributed by atoms with E-state index >= 15 is 0 Å². The third-order valence-corrected chi connectivity index (χ3v) is 4.51. The summed E-state index contributed by atoms with van der Waals surface area (Å²) in [5, 5.41) is 0. The number of hydrogen-bond acceptors (Lipinski definition) is 4. The van der Waals surface area contributed by atoms with Crippen LogP contribution in [0.3, 0.4) is 0 Å². The Morgan fingerprint density at radius 1 is 0.880 bits per heavy atom. The van der Waals surface area contributed by atoms with Gasteiger partial charge in [-0.1, -0.05) is 29.8 Å². The molecule has 1 saturated heterocycles. The second-order valence-corrected chi connectivity index (χ2v) is 6.17. The lowest BCUT2D eigenvalue weighted by Crippen LogP contribution is -2.50. The minimum atomic E-state index is -0.433.